The van der Waals surface area contributed by atoms with Crippen LogP contribution in [0.5, 0.6) is 0 Å². The number of pyridine rings is 2. The van der Waals surface area contributed by atoms with Crippen molar-refractivity contribution in [2.24, 2.45) is 5.92 Å². The zero-order valence-electron chi connectivity index (χ0n) is 14.0. The van der Waals surface area contributed by atoms with Crippen LogP contribution >= 0.6 is 0 Å². The largest absolute Gasteiger partial charge is 0.364 e. The number of likely N-dealkylation sites (tertiary alicyclic amines) is 1. The van der Waals surface area contributed by atoms with E-state index < -0.39 is 0 Å². The maximum Gasteiger partial charge on any atom is 0.253 e. The SMILES string of the molecule is O=C(Nc1cccnc1)[C@@H]1C[C@@H]2CCN(Cc3cccnc3)C[C@@H]2O1. The van der Waals surface area contributed by atoms with Gasteiger partial charge in [-0.1, -0.05) is 6.07 Å². The number of nitrogens with one attached hydrogen (secondary N) is 1. The first-order valence-electron chi connectivity index (χ1n) is 8.75. The number of carbonyl (C=O) groups is 1. The molecule has 3 atom stereocenters. The van der Waals surface area contributed by atoms with Gasteiger partial charge in [0.1, 0.15) is 6.10 Å². The van der Waals surface area contributed by atoms with Crippen LogP contribution in [0.4, 0.5) is 5.69 Å². The van der Waals surface area contributed by atoms with Gasteiger partial charge in [-0.25, -0.2) is 0 Å². The summed E-state index contributed by atoms with van der Waals surface area (Å²) in [4.78, 5) is 23.0. The van der Waals surface area contributed by atoms with Crippen LogP contribution in [0.1, 0.15) is 18.4 Å². The number of anilines is 1. The average molecular weight is 338 g/mol. The standard InChI is InChI=1S/C19H22N4O2/c24-19(22-16-4-2-7-21-11-16)17-9-15-5-8-23(13-18(15)25-17)12-14-3-1-6-20-10-14/h1-4,6-7,10-11,15,17-18H,5,8-9,12-13H2,(H,22,24)/t15-,17-,18-/m0/s1. The van der Waals surface area contributed by atoms with Crippen LogP contribution in [0.3, 0.4) is 0 Å². The lowest BCUT2D eigenvalue weighted by atomic mass is 9.91. The third-order valence-electron chi connectivity index (χ3n) is 4.99. The Hall–Kier alpha value is -2.31. The van der Waals surface area contributed by atoms with Crippen molar-refractivity contribution in [3.63, 3.8) is 0 Å². The summed E-state index contributed by atoms with van der Waals surface area (Å²) < 4.78 is 6.08. The van der Waals surface area contributed by atoms with Crippen molar-refractivity contribution in [1.82, 2.24) is 14.9 Å². The number of fused-ring (bicyclic) bond motifs is 1. The summed E-state index contributed by atoms with van der Waals surface area (Å²) in [5.74, 6) is 0.399. The molecule has 6 nitrogen and oxygen atoms in total. The van der Waals surface area contributed by atoms with Crippen LogP contribution in [0.25, 0.3) is 0 Å². The van der Waals surface area contributed by atoms with E-state index in [2.05, 4.69) is 26.3 Å². The van der Waals surface area contributed by atoms with E-state index in [-0.39, 0.29) is 18.1 Å². The topological polar surface area (TPSA) is 67.4 Å². The summed E-state index contributed by atoms with van der Waals surface area (Å²) in [7, 11) is 0. The summed E-state index contributed by atoms with van der Waals surface area (Å²) in [6, 6.07) is 7.70. The van der Waals surface area contributed by atoms with Crippen molar-refractivity contribution in [2.75, 3.05) is 18.4 Å². The molecule has 0 aromatic carbocycles. The van der Waals surface area contributed by atoms with Gasteiger partial charge >= 0.3 is 0 Å². The molecular formula is C19H22N4O2. The van der Waals surface area contributed by atoms with Crippen LogP contribution in [0, 0.1) is 5.92 Å². The summed E-state index contributed by atoms with van der Waals surface area (Å²) in [5.41, 5.74) is 1.92. The molecule has 0 spiro atoms. The number of aromatic nitrogens is 2. The quantitative estimate of drug-likeness (QED) is 0.925. The number of amides is 1. The molecule has 4 heterocycles. The second-order valence-corrected chi connectivity index (χ2v) is 6.77. The molecule has 0 aliphatic carbocycles. The average Bonchev–Trinajstić information content (AvgIpc) is 3.07. The zero-order valence-corrected chi connectivity index (χ0v) is 14.0. The fourth-order valence-electron chi connectivity index (χ4n) is 3.72. The van der Waals surface area contributed by atoms with Crippen molar-refractivity contribution < 1.29 is 9.53 Å². The van der Waals surface area contributed by atoms with Crippen molar-refractivity contribution in [2.45, 2.75) is 31.6 Å². The van der Waals surface area contributed by atoms with Crippen molar-refractivity contribution in [1.29, 1.82) is 0 Å². The highest BCUT2D eigenvalue weighted by Gasteiger charge is 2.41. The van der Waals surface area contributed by atoms with E-state index in [1.165, 1.54) is 5.56 Å². The van der Waals surface area contributed by atoms with E-state index in [0.29, 0.717) is 11.6 Å². The van der Waals surface area contributed by atoms with E-state index in [1.807, 2.05) is 18.3 Å². The van der Waals surface area contributed by atoms with E-state index in [9.17, 15) is 4.79 Å². The Morgan fingerprint density at radius 1 is 1.24 bits per heavy atom. The predicted octanol–water partition coefficient (Wildman–Crippen LogP) is 2.09. The predicted molar refractivity (Wildman–Crippen MR) is 93.8 cm³/mol. The fraction of sp³-hybridized carbons (Fsp3) is 0.421. The lowest BCUT2D eigenvalue weighted by Crippen LogP contribution is -2.41. The van der Waals surface area contributed by atoms with Crippen LogP contribution in [0.2, 0.25) is 0 Å². The molecule has 130 valence electrons. The van der Waals surface area contributed by atoms with E-state index in [4.69, 9.17) is 4.74 Å². The first kappa shape index (κ1) is 16.2. The van der Waals surface area contributed by atoms with Gasteiger partial charge in [-0.3, -0.25) is 19.7 Å². The Balaban J connectivity index is 1.33. The Morgan fingerprint density at radius 2 is 2.08 bits per heavy atom. The van der Waals surface area contributed by atoms with E-state index >= 15 is 0 Å². The Morgan fingerprint density at radius 3 is 2.84 bits per heavy atom. The molecule has 2 aliphatic rings. The Bertz CT molecular complexity index is 710. The number of hydrogen-bond acceptors (Lipinski definition) is 5. The highest BCUT2D eigenvalue weighted by Crippen LogP contribution is 2.34. The molecule has 4 rings (SSSR count). The van der Waals surface area contributed by atoms with Gasteiger partial charge in [0.05, 0.1) is 18.0 Å². The minimum atomic E-state index is -0.367. The zero-order chi connectivity index (χ0) is 17.1. The highest BCUT2D eigenvalue weighted by molar-refractivity contribution is 5.94. The fourth-order valence-corrected chi connectivity index (χ4v) is 3.72. The molecule has 2 aliphatic heterocycles. The summed E-state index contributed by atoms with van der Waals surface area (Å²) in [6.07, 6.45) is 8.68. The van der Waals surface area contributed by atoms with Gasteiger partial charge in [0.15, 0.2) is 0 Å². The summed E-state index contributed by atoms with van der Waals surface area (Å²) in [5, 5.41) is 2.90. The molecule has 1 N–H and O–H groups in total. The van der Waals surface area contributed by atoms with Crippen LogP contribution in [-0.4, -0.2) is 46.1 Å². The summed E-state index contributed by atoms with van der Waals surface area (Å²) in [6.45, 7) is 2.79. The molecule has 2 aromatic heterocycles. The second-order valence-electron chi connectivity index (χ2n) is 6.77. The number of carbonyl (C=O) groups excluding carboxylic acids is 1. The monoisotopic (exact) mass is 338 g/mol. The minimum absolute atomic E-state index is 0.0683. The minimum Gasteiger partial charge on any atom is -0.364 e. The van der Waals surface area contributed by atoms with Crippen molar-refractivity contribution in [3.8, 4) is 0 Å². The molecule has 1 amide bonds. The number of hydrogen-bond donors (Lipinski definition) is 1. The van der Waals surface area contributed by atoms with Gasteiger partial charge in [-0.2, -0.15) is 0 Å². The highest BCUT2D eigenvalue weighted by atomic mass is 16.5. The van der Waals surface area contributed by atoms with Crippen LogP contribution in [0.15, 0.2) is 49.1 Å². The molecule has 25 heavy (non-hydrogen) atoms. The molecule has 2 saturated heterocycles. The first-order chi connectivity index (χ1) is 12.3. The smallest absolute Gasteiger partial charge is 0.253 e. The Labute approximate surface area is 147 Å². The first-order valence-corrected chi connectivity index (χ1v) is 8.75. The summed E-state index contributed by atoms with van der Waals surface area (Å²) >= 11 is 0. The van der Waals surface area contributed by atoms with Gasteiger partial charge in [0, 0.05) is 31.7 Å². The molecule has 0 radical (unpaired) electrons. The Kier molecular flexibility index (Phi) is 4.72. The lowest BCUT2D eigenvalue weighted by Gasteiger charge is -2.33. The van der Waals surface area contributed by atoms with Gasteiger partial charge in [-0.15, -0.1) is 0 Å². The normalized spacial score (nSPS) is 26.2. The lowest BCUT2D eigenvalue weighted by molar-refractivity contribution is -0.127. The maximum atomic E-state index is 12.4. The molecule has 0 bridgehead atoms. The number of rotatable bonds is 4. The van der Waals surface area contributed by atoms with Gasteiger partial charge in [0.2, 0.25) is 0 Å². The number of ether oxygens (including phenoxy) is 1. The van der Waals surface area contributed by atoms with Crippen LogP contribution in [-0.2, 0) is 16.1 Å². The molecular weight excluding hydrogens is 316 g/mol. The molecule has 0 saturated carbocycles. The third-order valence-corrected chi connectivity index (χ3v) is 4.99. The van der Waals surface area contributed by atoms with Crippen molar-refractivity contribution >= 4 is 11.6 Å². The van der Waals surface area contributed by atoms with Crippen molar-refractivity contribution in [3.05, 3.63) is 54.6 Å². The van der Waals surface area contributed by atoms with E-state index in [0.717, 1.165) is 32.5 Å². The second kappa shape index (κ2) is 7.29. The van der Waals surface area contributed by atoms with Gasteiger partial charge in [0.25, 0.3) is 5.91 Å². The van der Waals surface area contributed by atoms with Gasteiger partial charge in [-0.05, 0) is 49.1 Å². The molecule has 2 fully saturated rings. The molecule has 0 unspecified atom stereocenters. The third kappa shape index (κ3) is 3.86. The molecule has 2 aromatic rings. The van der Waals surface area contributed by atoms with Crippen LogP contribution < -0.4 is 5.32 Å². The maximum absolute atomic E-state index is 12.4. The van der Waals surface area contributed by atoms with Gasteiger partial charge < -0.3 is 10.1 Å². The number of piperidine rings is 1. The molecule has 6 heteroatoms. The van der Waals surface area contributed by atoms with E-state index in [1.54, 1.807) is 24.7 Å². The number of nitrogens with zero attached hydrogens (tertiary/aromatic N) is 3.